The summed E-state index contributed by atoms with van der Waals surface area (Å²) in [7, 11) is 0. The molecule has 0 saturated heterocycles. The van der Waals surface area contributed by atoms with E-state index in [1.54, 1.807) is 0 Å². The quantitative estimate of drug-likeness (QED) is 0.504. The Morgan fingerprint density at radius 3 is 2.60 bits per heavy atom. The summed E-state index contributed by atoms with van der Waals surface area (Å²) < 4.78 is 0. The third kappa shape index (κ3) is 2.93. The van der Waals surface area contributed by atoms with E-state index in [0.717, 1.165) is 11.7 Å². The van der Waals surface area contributed by atoms with Crippen LogP contribution in [-0.4, -0.2) is 5.75 Å². The fourth-order valence-electron chi connectivity index (χ4n) is 1.75. The second kappa shape index (κ2) is 5.03. The van der Waals surface area contributed by atoms with Gasteiger partial charge < -0.3 is 0 Å². The molecule has 2 N–H and O–H groups in total. The van der Waals surface area contributed by atoms with E-state index < -0.39 is 0 Å². The van der Waals surface area contributed by atoms with Gasteiger partial charge in [0.2, 0.25) is 0 Å². The number of rotatable bonds is 4. The highest BCUT2D eigenvalue weighted by atomic mass is 32.2. The Hall–Kier alpha value is 0.310. The van der Waals surface area contributed by atoms with Gasteiger partial charge in [0.1, 0.15) is 0 Å². The molecule has 1 rings (SSSR count). The molecule has 0 aromatic carbocycles. The van der Waals surface area contributed by atoms with Crippen molar-refractivity contribution in [3.05, 3.63) is 0 Å². The van der Waals surface area contributed by atoms with Gasteiger partial charge in [-0.15, -0.1) is 0 Å². The molecule has 0 aromatic rings. The lowest BCUT2D eigenvalue weighted by atomic mass is 10.0. The van der Waals surface area contributed by atoms with Crippen LogP contribution in [0.1, 0.15) is 38.5 Å². The van der Waals surface area contributed by atoms with Gasteiger partial charge >= 0.3 is 0 Å². The first kappa shape index (κ1) is 8.41. The van der Waals surface area contributed by atoms with Gasteiger partial charge in [-0.25, -0.2) is 0 Å². The van der Waals surface area contributed by atoms with Crippen LogP contribution in [0.5, 0.6) is 0 Å². The summed E-state index contributed by atoms with van der Waals surface area (Å²) in [4.78, 5) is 0. The topological polar surface area (TPSA) is 26.0 Å². The maximum absolute atomic E-state index is 5.33. The first-order valence-corrected chi connectivity index (χ1v) is 5.30. The molecule has 0 amide bonds. The standard InChI is InChI=1S/C8H17NS/c9-10-7-3-6-8-4-1-2-5-8/h8H,1-7,9H2. The number of nitrogens with two attached hydrogens (primary N) is 1. The van der Waals surface area contributed by atoms with E-state index in [1.807, 2.05) is 0 Å². The maximum atomic E-state index is 5.33. The predicted octanol–water partition coefficient (Wildman–Crippen LogP) is 2.56. The van der Waals surface area contributed by atoms with Gasteiger partial charge in [0, 0.05) is 5.75 Å². The largest absolute Gasteiger partial charge is 0.278 e. The second-order valence-corrected chi connectivity index (χ2v) is 3.91. The molecule has 0 bridgehead atoms. The zero-order chi connectivity index (χ0) is 7.23. The van der Waals surface area contributed by atoms with Crippen LogP contribution < -0.4 is 5.14 Å². The molecule has 0 radical (unpaired) electrons. The van der Waals surface area contributed by atoms with E-state index in [0.29, 0.717) is 0 Å². The smallest absolute Gasteiger partial charge is 0.00765 e. The lowest BCUT2D eigenvalue weighted by Gasteiger charge is -2.05. The fraction of sp³-hybridized carbons (Fsp3) is 1.00. The highest BCUT2D eigenvalue weighted by Crippen LogP contribution is 2.28. The van der Waals surface area contributed by atoms with Crippen LogP contribution in [0, 0.1) is 5.92 Å². The molecule has 2 heteroatoms. The molecule has 0 atom stereocenters. The molecule has 0 unspecified atom stereocenters. The Labute approximate surface area is 67.9 Å². The van der Waals surface area contributed by atoms with Crippen molar-refractivity contribution in [2.24, 2.45) is 11.1 Å². The van der Waals surface area contributed by atoms with Crippen LogP contribution in [0.15, 0.2) is 0 Å². The zero-order valence-corrected chi connectivity index (χ0v) is 7.33. The van der Waals surface area contributed by atoms with Gasteiger partial charge in [-0.1, -0.05) is 37.6 Å². The van der Waals surface area contributed by atoms with Crippen LogP contribution in [0.25, 0.3) is 0 Å². The SMILES string of the molecule is NSCCCC1CCCC1. The Kier molecular flexibility index (Phi) is 4.23. The van der Waals surface area contributed by atoms with Crippen LogP contribution in [0.2, 0.25) is 0 Å². The first-order valence-electron chi connectivity index (χ1n) is 4.25. The molecular formula is C8H17NS. The average molecular weight is 159 g/mol. The van der Waals surface area contributed by atoms with E-state index in [1.165, 1.54) is 50.5 Å². The highest BCUT2D eigenvalue weighted by Gasteiger charge is 2.13. The van der Waals surface area contributed by atoms with Crippen molar-refractivity contribution < 1.29 is 0 Å². The second-order valence-electron chi connectivity index (χ2n) is 3.16. The number of hydrogen-bond acceptors (Lipinski definition) is 2. The van der Waals surface area contributed by atoms with Gasteiger partial charge in [0.15, 0.2) is 0 Å². The summed E-state index contributed by atoms with van der Waals surface area (Å²) in [5, 5.41) is 5.33. The van der Waals surface area contributed by atoms with E-state index in [-0.39, 0.29) is 0 Å². The van der Waals surface area contributed by atoms with Crippen molar-refractivity contribution in [2.75, 3.05) is 5.75 Å². The molecule has 0 aromatic heterocycles. The predicted molar refractivity (Wildman–Crippen MR) is 47.8 cm³/mol. The Morgan fingerprint density at radius 2 is 2.00 bits per heavy atom. The molecule has 10 heavy (non-hydrogen) atoms. The molecular weight excluding hydrogens is 142 g/mol. The van der Waals surface area contributed by atoms with Gasteiger partial charge in [-0.2, -0.15) is 0 Å². The van der Waals surface area contributed by atoms with Crippen molar-refractivity contribution >= 4 is 11.9 Å². The van der Waals surface area contributed by atoms with E-state index in [4.69, 9.17) is 5.14 Å². The molecule has 1 fully saturated rings. The molecule has 1 aliphatic carbocycles. The summed E-state index contributed by atoms with van der Waals surface area (Å²) in [5.41, 5.74) is 0. The average Bonchev–Trinajstić information content (AvgIpc) is 2.41. The Bertz CT molecular complexity index is 79.3. The fourth-order valence-corrected chi connectivity index (χ4v) is 2.09. The maximum Gasteiger partial charge on any atom is 0.00765 e. The molecule has 1 aliphatic rings. The van der Waals surface area contributed by atoms with E-state index in [2.05, 4.69) is 0 Å². The summed E-state index contributed by atoms with van der Waals surface area (Å²) in [5.74, 6) is 2.20. The third-order valence-electron chi connectivity index (χ3n) is 2.35. The van der Waals surface area contributed by atoms with Gasteiger partial charge in [0.25, 0.3) is 0 Å². The van der Waals surface area contributed by atoms with E-state index in [9.17, 15) is 0 Å². The van der Waals surface area contributed by atoms with Crippen LogP contribution in [0.3, 0.4) is 0 Å². The van der Waals surface area contributed by atoms with Crippen LogP contribution >= 0.6 is 11.9 Å². The minimum Gasteiger partial charge on any atom is -0.278 e. The van der Waals surface area contributed by atoms with Crippen molar-refractivity contribution in [1.82, 2.24) is 0 Å². The molecule has 0 aliphatic heterocycles. The number of hydrogen-bond donors (Lipinski definition) is 1. The van der Waals surface area contributed by atoms with Crippen LogP contribution in [0.4, 0.5) is 0 Å². The summed E-state index contributed by atoms with van der Waals surface area (Å²) in [6.07, 6.45) is 8.65. The van der Waals surface area contributed by atoms with Crippen molar-refractivity contribution in [1.29, 1.82) is 0 Å². The van der Waals surface area contributed by atoms with Gasteiger partial charge in [0.05, 0.1) is 0 Å². The minimum absolute atomic E-state index is 1.05. The first-order chi connectivity index (χ1) is 4.93. The Morgan fingerprint density at radius 1 is 1.30 bits per heavy atom. The van der Waals surface area contributed by atoms with E-state index >= 15 is 0 Å². The third-order valence-corrected chi connectivity index (χ3v) is 2.87. The molecule has 1 nitrogen and oxygen atoms in total. The summed E-state index contributed by atoms with van der Waals surface area (Å²) in [6.45, 7) is 0. The molecule has 0 heterocycles. The summed E-state index contributed by atoms with van der Waals surface area (Å²) >= 11 is 1.48. The van der Waals surface area contributed by atoms with Gasteiger partial charge in [-0.3, -0.25) is 5.14 Å². The summed E-state index contributed by atoms with van der Waals surface area (Å²) in [6, 6.07) is 0. The lowest BCUT2D eigenvalue weighted by molar-refractivity contribution is 0.499. The van der Waals surface area contributed by atoms with Crippen molar-refractivity contribution in [3.63, 3.8) is 0 Å². The van der Waals surface area contributed by atoms with Crippen molar-refractivity contribution in [2.45, 2.75) is 38.5 Å². The highest BCUT2D eigenvalue weighted by molar-refractivity contribution is 7.97. The normalized spacial score (nSPS) is 20.1. The zero-order valence-electron chi connectivity index (χ0n) is 6.51. The minimum atomic E-state index is 1.05. The lowest BCUT2D eigenvalue weighted by Crippen LogP contribution is -1.94. The van der Waals surface area contributed by atoms with Crippen molar-refractivity contribution in [3.8, 4) is 0 Å². The monoisotopic (exact) mass is 159 g/mol. The van der Waals surface area contributed by atoms with Gasteiger partial charge in [-0.05, 0) is 18.8 Å². The molecule has 60 valence electrons. The van der Waals surface area contributed by atoms with Crippen LogP contribution in [-0.2, 0) is 0 Å². The molecule has 1 saturated carbocycles. The molecule has 0 spiro atoms. The Balaban J connectivity index is 1.91.